The zero-order valence-corrected chi connectivity index (χ0v) is 17.6. The second-order valence-electron chi connectivity index (χ2n) is 8.04. The number of carbonyl (C=O) groups excluding carboxylic acids is 3. The van der Waals surface area contributed by atoms with E-state index in [-0.39, 0.29) is 12.8 Å². The molecular formula is C23H29N3O4. The van der Waals surface area contributed by atoms with Crippen LogP contribution in [0.1, 0.15) is 31.9 Å². The molecule has 0 saturated carbocycles. The summed E-state index contributed by atoms with van der Waals surface area (Å²) in [7, 11) is 0. The van der Waals surface area contributed by atoms with E-state index in [2.05, 4.69) is 10.6 Å². The first-order valence-corrected chi connectivity index (χ1v) is 9.81. The fourth-order valence-corrected chi connectivity index (χ4v) is 2.85. The summed E-state index contributed by atoms with van der Waals surface area (Å²) < 4.78 is 5.28. The summed E-state index contributed by atoms with van der Waals surface area (Å²) >= 11 is 0. The number of primary amides is 1. The van der Waals surface area contributed by atoms with Crippen molar-refractivity contribution in [1.82, 2.24) is 10.6 Å². The minimum absolute atomic E-state index is 0.239. The standard InChI is InChI=1S/C23H29N3O4/c1-23(2,3)30-22(29)26-19(15-17-12-8-5-9-13-17)21(28)25-18(20(24)27)14-16-10-6-4-7-11-16/h4-13,18-19H,14-15H2,1-3H3,(H2,24,27)(H,25,28)(H,26,29). The van der Waals surface area contributed by atoms with Crippen molar-refractivity contribution in [2.75, 3.05) is 0 Å². The number of ether oxygens (including phenoxy) is 1. The number of alkyl carbamates (subject to hydrolysis) is 1. The third-order valence-electron chi connectivity index (χ3n) is 4.23. The molecule has 3 amide bonds. The summed E-state index contributed by atoms with van der Waals surface area (Å²) in [6, 6.07) is 16.7. The predicted molar refractivity (Wildman–Crippen MR) is 115 cm³/mol. The molecule has 0 bridgehead atoms. The molecule has 2 aromatic carbocycles. The lowest BCUT2D eigenvalue weighted by Gasteiger charge is -2.25. The zero-order valence-electron chi connectivity index (χ0n) is 17.6. The maximum atomic E-state index is 13.0. The number of rotatable bonds is 8. The third kappa shape index (κ3) is 7.95. The van der Waals surface area contributed by atoms with Crippen LogP contribution in [0.5, 0.6) is 0 Å². The normalized spacial score (nSPS) is 13.0. The Bertz CT molecular complexity index is 848. The number of hydrogen-bond acceptors (Lipinski definition) is 4. The fourth-order valence-electron chi connectivity index (χ4n) is 2.85. The molecule has 0 saturated heterocycles. The predicted octanol–water partition coefficient (Wildman–Crippen LogP) is 2.34. The smallest absolute Gasteiger partial charge is 0.408 e. The molecule has 0 aromatic heterocycles. The Hall–Kier alpha value is -3.35. The van der Waals surface area contributed by atoms with Crippen molar-refractivity contribution in [3.05, 3.63) is 71.8 Å². The number of nitrogens with one attached hydrogen (secondary N) is 2. The molecule has 0 aliphatic rings. The minimum Gasteiger partial charge on any atom is -0.444 e. The van der Waals surface area contributed by atoms with Crippen molar-refractivity contribution in [2.24, 2.45) is 5.73 Å². The Morgan fingerprint density at radius 2 is 1.30 bits per heavy atom. The molecule has 7 nitrogen and oxygen atoms in total. The fraction of sp³-hybridized carbons (Fsp3) is 0.348. The van der Waals surface area contributed by atoms with Crippen LogP contribution in [0.3, 0.4) is 0 Å². The van der Waals surface area contributed by atoms with Crippen molar-refractivity contribution in [2.45, 2.75) is 51.3 Å². The number of benzene rings is 2. The van der Waals surface area contributed by atoms with Crippen molar-refractivity contribution in [1.29, 1.82) is 0 Å². The van der Waals surface area contributed by atoms with Gasteiger partial charge in [0.15, 0.2) is 0 Å². The minimum atomic E-state index is -0.931. The Kier molecular flexibility index (Phi) is 7.98. The molecule has 0 heterocycles. The number of amides is 3. The molecule has 160 valence electrons. The average Bonchev–Trinajstić information content (AvgIpc) is 2.67. The molecule has 0 aliphatic heterocycles. The number of nitrogens with two attached hydrogens (primary N) is 1. The van der Waals surface area contributed by atoms with Gasteiger partial charge in [-0.3, -0.25) is 9.59 Å². The van der Waals surface area contributed by atoms with E-state index in [4.69, 9.17) is 10.5 Å². The molecule has 2 atom stereocenters. The monoisotopic (exact) mass is 411 g/mol. The third-order valence-corrected chi connectivity index (χ3v) is 4.23. The van der Waals surface area contributed by atoms with E-state index in [1.54, 1.807) is 20.8 Å². The quantitative estimate of drug-likeness (QED) is 0.619. The molecule has 0 spiro atoms. The Morgan fingerprint density at radius 1 is 0.833 bits per heavy atom. The van der Waals surface area contributed by atoms with E-state index in [0.29, 0.717) is 0 Å². The van der Waals surface area contributed by atoms with Gasteiger partial charge in [-0.05, 0) is 31.9 Å². The lowest BCUT2D eigenvalue weighted by Crippen LogP contribution is -2.54. The van der Waals surface area contributed by atoms with Crippen LogP contribution in [-0.4, -0.2) is 35.6 Å². The van der Waals surface area contributed by atoms with Crippen LogP contribution in [0, 0.1) is 0 Å². The lowest BCUT2D eigenvalue weighted by molar-refractivity contribution is -0.128. The van der Waals surface area contributed by atoms with Crippen LogP contribution >= 0.6 is 0 Å². The van der Waals surface area contributed by atoms with E-state index in [1.807, 2.05) is 60.7 Å². The largest absolute Gasteiger partial charge is 0.444 e. The van der Waals surface area contributed by atoms with E-state index in [0.717, 1.165) is 11.1 Å². The highest BCUT2D eigenvalue weighted by Gasteiger charge is 2.28. The first-order chi connectivity index (χ1) is 14.1. The highest BCUT2D eigenvalue weighted by Crippen LogP contribution is 2.10. The van der Waals surface area contributed by atoms with E-state index in [1.165, 1.54) is 0 Å². The molecule has 0 radical (unpaired) electrons. The Labute approximate surface area is 177 Å². The zero-order chi connectivity index (χ0) is 22.1. The van der Waals surface area contributed by atoms with Crippen molar-refractivity contribution in [3.63, 3.8) is 0 Å². The summed E-state index contributed by atoms with van der Waals surface area (Å²) in [4.78, 5) is 37.2. The molecule has 2 unspecified atom stereocenters. The first-order valence-electron chi connectivity index (χ1n) is 9.81. The van der Waals surface area contributed by atoms with Crippen LogP contribution < -0.4 is 16.4 Å². The topological polar surface area (TPSA) is 111 Å². The summed E-state index contributed by atoms with van der Waals surface area (Å²) in [5.41, 5.74) is 6.51. The van der Waals surface area contributed by atoms with Gasteiger partial charge in [-0.2, -0.15) is 0 Å². The van der Waals surface area contributed by atoms with Gasteiger partial charge in [0.2, 0.25) is 11.8 Å². The maximum Gasteiger partial charge on any atom is 0.408 e. The SMILES string of the molecule is CC(C)(C)OC(=O)NC(Cc1ccccc1)C(=O)NC(Cc1ccccc1)C(N)=O. The van der Waals surface area contributed by atoms with Gasteiger partial charge in [0.1, 0.15) is 17.7 Å². The second-order valence-corrected chi connectivity index (χ2v) is 8.04. The van der Waals surface area contributed by atoms with E-state index < -0.39 is 35.6 Å². The van der Waals surface area contributed by atoms with Gasteiger partial charge in [-0.25, -0.2) is 4.79 Å². The van der Waals surface area contributed by atoms with Crippen molar-refractivity contribution >= 4 is 17.9 Å². The maximum absolute atomic E-state index is 13.0. The van der Waals surface area contributed by atoms with Crippen molar-refractivity contribution < 1.29 is 19.1 Å². The number of hydrogen-bond donors (Lipinski definition) is 3. The highest BCUT2D eigenvalue weighted by molar-refractivity contribution is 5.91. The molecule has 30 heavy (non-hydrogen) atoms. The molecule has 2 rings (SSSR count). The van der Waals surface area contributed by atoms with E-state index in [9.17, 15) is 14.4 Å². The van der Waals surface area contributed by atoms with Crippen molar-refractivity contribution in [3.8, 4) is 0 Å². The van der Waals surface area contributed by atoms with E-state index >= 15 is 0 Å². The van der Waals surface area contributed by atoms with Gasteiger partial charge in [-0.1, -0.05) is 60.7 Å². The van der Waals surface area contributed by atoms with Gasteiger partial charge >= 0.3 is 6.09 Å². The molecule has 2 aromatic rings. The number of carbonyl (C=O) groups is 3. The molecular weight excluding hydrogens is 382 g/mol. The summed E-state index contributed by atoms with van der Waals surface area (Å²) in [6.07, 6.45) is -0.216. The second kappa shape index (κ2) is 10.4. The van der Waals surface area contributed by atoms with Gasteiger partial charge in [0, 0.05) is 12.8 Å². The molecule has 0 aliphatic carbocycles. The van der Waals surface area contributed by atoms with Gasteiger partial charge in [-0.15, -0.1) is 0 Å². The van der Waals surface area contributed by atoms with Crippen LogP contribution in [0.15, 0.2) is 60.7 Å². The van der Waals surface area contributed by atoms with Gasteiger partial charge in [0.25, 0.3) is 0 Å². The van der Waals surface area contributed by atoms with Crippen LogP contribution in [0.4, 0.5) is 4.79 Å². The van der Waals surface area contributed by atoms with Crippen LogP contribution in [0.25, 0.3) is 0 Å². The first kappa shape index (κ1) is 22.9. The average molecular weight is 412 g/mol. The Balaban J connectivity index is 2.14. The highest BCUT2D eigenvalue weighted by atomic mass is 16.6. The van der Waals surface area contributed by atoms with Crippen LogP contribution in [0.2, 0.25) is 0 Å². The van der Waals surface area contributed by atoms with Crippen LogP contribution in [-0.2, 0) is 27.2 Å². The molecule has 7 heteroatoms. The van der Waals surface area contributed by atoms with Gasteiger partial charge < -0.3 is 21.1 Å². The van der Waals surface area contributed by atoms with Gasteiger partial charge in [0.05, 0.1) is 0 Å². The Morgan fingerprint density at radius 3 is 1.73 bits per heavy atom. The molecule has 4 N–H and O–H groups in total. The summed E-state index contributed by atoms with van der Waals surface area (Å²) in [5, 5.41) is 5.27. The lowest BCUT2D eigenvalue weighted by atomic mass is 10.0. The summed E-state index contributed by atoms with van der Waals surface area (Å²) in [5.74, 6) is -1.16. The molecule has 0 fully saturated rings. The summed E-state index contributed by atoms with van der Waals surface area (Å²) in [6.45, 7) is 5.21.